The molecule has 0 aliphatic carbocycles. The number of benzene rings is 1. The third kappa shape index (κ3) is 2.93. The lowest BCUT2D eigenvalue weighted by atomic mass is 10.3. The van der Waals surface area contributed by atoms with Crippen molar-refractivity contribution in [3.8, 4) is 11.8 Å². The highest BCUT2D eigenvalue weighted by Gasteiger charge is 2.20. The maximum absolute atomic E-state index is 12.8. The summed E-state index contributed by atoms with van der Waals surface area (Å²) in [6.07, 6.45) is 0. The number of carbonyl (C=O) groups excluding carboxylic acids is 1. The molecule has 0 bridgehead atoms. The van der Waals surface area contributed by atoms with Gasteiger partial charge < -0.3 is 9.47 Å². The van der Waals surface area contributed by atoms with Crippen molar-refractivity contribution in [1.82, 2.24) is 14.8 Å². The fourth-order valence-corrected chi connectivity index (χ4v) is 1.60. The molecule has 1 heterocycles. The van der Waals surface area contributed by atoms with Crippen molar-refractivity contribution in [2.45, 2.75) is 20.4 Å². The van der Waals surface area contributed by atoms with Crippen molar-refractivity contribution >= 4 is 5.97 Å². The van der Waals surface area contributed by atoms with E-state index in [-0.39, 0.29) is 24.3 Å². The number of nitrogens with zero attached hydrogens (tertiary/aromatic N) is 3. The standard InChI is InChI=1S/C13H14FN3O3/c1-3-17-11(12(18)19-4-2)15-16-13(17)20-10-7-5-9(14)6-8-10/h5-8H,3-4H2,1-2H3. The maximum Gasteiger partial charge on any atom is 0.376 e. The Labute approximate surface area is 115 Å². The summed E-state index contributed by atoms with van der Waals surface area (Å²) in [7, 11) is 0. The molecule has 0 aliphatic heterocycles. The van der Waals surface area contributed by atoms with Gasteiger partial charge in [0.15, 0.2) is 0 Å². The Morgan fingerprint density at radius 3 is 2.55 bits per heavy atom. The number of esters is 1. The van der Waals surface area contributed by atoms with Crippen LogP contribution in [0.1, 0.15) is 24.5 Å². The van der Waals surface area contributed by atoms with Gasteiger partial charge in [-0.1, -0.05) is 5.10 Å². The summed E-state index contributed by atoms with van der Waals surface area (Å²) in [5, 5.41) is 7.56. The molecule has 1 aromatic heterocycles. The van der Waals surface area contributed by atoms with E-state index < -0.39 is 5.97 Å². The number of hydrogen-bond donors (Lipinski definition) is 0. The van der Waals surface area contributed by atoms with Crippen LogP contribution < -0.4 is 4.74 Å². The van der Waals surface area contributed by atoms with Gasteiger partial charge in [-0.15, -0.1) is 5.10 Å². The minimum absolute atomic E-state index is 0.0754. The predicted octanol–water partition coefficient (Wildman–Crippen LogP) is 2.41. The summed E-state index contributed by atoms with van der Waals surface area (Å²) in [4.78, 5) is 11.7. The number of rotatable bonds is 5. The molecule has 0 aliphatic rings. The number of ether oxygens (including phenoxy) is 2. The smallest absolute Gasteiger partial charge is 0.376 e. The van der Waals surface area contributed by atoms with Crippen LogP contribution in [0.15, 0.2) is 24.3 Å². The number of carbonyl (C=O) groups is 1. The van der Waals surface area contributed by atoms with Crippen LogP contribution in [0.3, 0.4) is 0 Å². The van der Waals surface area contributed by atoms with E-state index in [0.717, 1.165) is 0 Å². The Balaban J connectivity index is 2.24. The Morgan fingerprint density at radius 2 is 1.95 bits per heavy atom. The molecule has 0 spiro atoms. The Kier molecular flexibility index (Phi) is 4.29. The molecular weight excluding hydrogens is 265 g/mol. The van der Waals surface area contributed by atoms with E-state index in [4.69, 9.17) is 9.47 Å². The largest absolute Gasteiger partial charge is 0.460 e. The lowest BCUT2D eigenvalue weighted by Crippen LogP contribution is -2.13. The van der Waals surface area contributed by atoms with Crippen molar-refractivity contribution in [3.05, 3.63) is 35.9 Å². The third-order valence-corrected chi connectivity index (χ3v) is 2.51. The van der Waals surface area contributed by atoms with E-state index >= 15 is 0 Å². The van der Waals surface area contributed by atoms with Gasteiger partial charge in [0.2, 0.25) is 5.82 Å². The second-order valence-electron chi connectivity index (χ2n) is 3.83. The van der Waals surface area contributed by atoms with Gasteiger partial charge in [0.25, 0.3) is 0 Å². The first kappa shape index (κ1) is 14.0. The molecule has 0 saturated heterocycles. The zero-order chi connectivity index (χ0) is 14.5. The van der Waals surface area contributed by atoms with Gasteiger partial charge in [-0.3, -0.25) is 4.57 Å². The van der Waals surface area contributed by atoms with E-state index in [1.54, 1.807) is 6.92 Å². The second-order valence-corrected chi connectivity index (χ2v) is 3.83. The Morgan fingerprint density at radius 1 is 1.25 bits per heavy atom. The normalized spacial score (nSPS) is 10.3. The fraction of sp³-hybridized carbons (Fsp3) is 0.308. The van der Waals surface area contributed by atoms with Gasteiger partial charge in [0, 0.05) is 6.54 Å². The molecule has 0 amide bonds. The highest BCUT2D eigenvalue weighted by atomic mass is 19.1. The molecule has 2 rings (SSSR count). The molecular formula is C13H14FN3O3. The van der Waals surface area contributed by atoms with Gasteiger partial charge in [-0.2, -0.15) is 0 Å². The molecule has 0 atom stereocenters. The lowest BCUT2D eigenvalue weighted by molar-refractivity contribution is 0.0505. The van der Waals surface area contributed by atoms with E-state index in [2.05, 4.69) is 10.2 Å². The van der Waals surface area contributed by atoms with Crippen LogP contribution in [0, 0.1) is 5.82 Å². The second kappa shape index (κ2) is 6.14. The van der Waals surface area contributed by atoms with Crippen LogP contribution in [0.5, 0.6) is 11.8 Å². The zero-order valence-electron chi connectivity index (χ0n) is 11.2. The molecule has 20 heavy (non-hydrogen) atoms. The van der Waals surface area contributed by atoms with Gasteiger partial charge in [0.05, 0.1) is 6.61 Å². The molecule has 106 valence electrons. The SMILES string of the molecule is CCOC(=O)c1nnc(Oc2ccc(F)cc2)n1CC. The molecule has 2 aromatic rings. The molecule has 0 N–H and O–H groups in total. The van der Waals surface area contributed by atoms with Crippen LogP contribution in [0.25, 0.3) is 0 Å². The Bertz CT molecular complexity index is 595. The fourth-order valence-electron chi connectivity index (χ4n) is 1.60. The first-order chi connectivity index (χ1) is 9.65. The van der Waals surface area contributed by atoms with Crippen LogP contribution in [0.2, 0.25) is 0 Å². The maximum atomic E-state index is 12.8. The Hall–Kier alpha value is -2.44. The third-order valence-electron chi connectivity index (χ3n) is 2.51. The van der Waals surface area contributed by atoms with Crippen LogP contribution in [-0.4, -0.2) is 27.3 Å². The summed E-state index contributed by atoms with van der Waals surface area (Å²) >= 11 is 0. The van der Waals surface area contributed by atoms with Crippen molar-refractivity contribution in [1.29, 1.82) is 0 Å². The van der Waals surface area contributed by atoms with Gasteiger partial charge >= 0.3 is 12.0 Å². The van der Waals surface area contributed by atoms with E-state index in [9.17, 15) is 9.18 Å². The molecule has 1 aromatic carbocycles. The van der Waals surface area contributed by atoms with Crippen LogP contribution in [-0.2, 0) is 11.3 Å². The minimum Gasteiger partial charge on any atom is -0.460 e. The van der Waals surface area contributed by atoms with Gasteiger partial charge in [-0.05, 0) is 38.1 Å². The predicted molar refractivity (Wildman–Crippen MR) is 68.1 cm³/mol. The number of aromatic nitrogens is 3. The molecule has 7 heteroatoms. The highest BCUT2D eigenvalue weighted by molar-refractivity contribution is 5.85. The van der Waals surface area contributed by atoms with E-state index in [1.807, 2.05) is 6.92 Å². The zero-order valence-corrected chi connectivity index (χ0v) is 11.2. The molecule has 6 nitrogen and oxygen atoms in total. The average molecular weight is 279 g/mol. The van der Waals surface area contributed by atoms with Crippen molar-refractivity contribution < 1.29 is 18.7 Å². The molecule has 0 unspecified atom stereocenters. The van der Waals surface area contributed by atoms with Gasteiger partial charge in [-0.25, -0.2) is 9.18 Å². The first-order valence-corrected chi connectivity index (χ1v) is 6.19. The monoisotopic (exact) mass is 279 g/mol. The van der Waals surface area contributed by atoms with Crippen molar-refractivity contribution in [2.24, 2.45) is 0 Å². The quantitative estimate of drug-likeness (QED) is 0.786. The van der Waals surface area contributed by atoms with E-state index in [1.165, 1.54) is 28.8 Å². The summed E-state index contributed by atoms with van der Waals surface area (Å²) in [6, 6.07) is 5.63. The molecule has 0 fully saturated rings. The van der Waals surface area contributed by atoms with Crippen molar-refractivity contribution in [2.75, 3.05) is 6.61 Å². The van der Waals surface area contributed by atoms with Gasteiger partial charge in [0.1, 0.15) is 11.6 Å². The highest BCUT2D eigenvalue weighted by Crippen LogP contribution is 2.20. The lowest BCUT2D eigenvalue weighted by Gasteiger charge is -2.07. The molecule has 0 saturated carbocycles. The summed E-state index contributed by atoms with van der Waals surface area (Å²) < 4.78 is 24.7. The topological polar surface area (TPSA) is 66.2 Å². The van der Waals surface area contributed by atoms with Crippen molar-refractivity contribution in [3.63, 3.8) is 0 Å². The molecule has 0 radical (unpaired) electrons. The number of hydrogen-bond acceptors (Lipinski definition) is 5. The summed E-state index contributed by atoms with van der Waals surface area (Å²) in [5.74, 6) is -0.437. The summed E-state index contributed by atoms with van der Waals surface area (Å²) in [5.41, 5.74) is 0. The van der Waals surface area contributed by atoms with E-state index in [0.29, 0.717) is 12.3 Å². The number of halogens is 1. The first-order valence-electron chi connectivity index (χ1n) is 6.19. The summed E-state index contributed by atoms with van der Waals surface area (Å²) in [6.45, 7) is 4.23. The van der Waals surface area contributed by atoms with Crippen LogP contribution in [0.4, 0.5) is 4.39 Å². The minimum atomic E-state index is -0.559. The van der Waals surface area contributed by atoms with Crippen LogP contribution >= 0.6 is 0 Å². The average Bonchev–Trinajstić information content (AvgIpc) is 2.84.